The summed E-state index contributed by atoms with van der Waals surface area (Å²) in [5.74, 6) is -2.16. The lowest BCUT2D eigenvalue weighted by atomic mass is 10.1. The number of halogens is 4. The molecule has 22 heavy (non-hydrogen) atoms. The van der Waals surface area contributed by atoms with Crippen LogP contribution in [0.4, 0.5) is 13.2 Å². The molecule has 0 saturated carbocycles. The van der Waals surface area contributed by atoms with Gasteiger partial charge < -0.3 is 5.11 Å². The highest BCUT2D eigenvalue weighted by Crippen LogP contribution is 2.35. The Labute approximate surface area is 130 Å². The number of hydrogen-bond acceptors (Lipinski definition) is 3. The second-order valence-electron chi connectivity index (χ2n) is 4.82. The van der Waals surface area contributed by atoms with E-state index < -0.39 is 44.6 Å². The Kier molecular flexibility index (Phi) is 5.47. The third-order valence-corrected chi connectivity index (χ3v) is 4.47. The molecule has 0 amide bonds. The standard InChI is InChI=1S/C12H13ClF3NO4S/c1-6(2)10(11(18)19)17-22(20,21)9-5-7(13)3-4-8(9)12(14,15)16/h3-6,10,17H,1-2H3,(H,18,19). The van der Waals surface area contributed by atoms with Crippen molar-refractivity contribution in [2.75, 3.05) is 0 Å². The SMILES string of the molecule is CC(C)C(NS(=O)(=O)c1cc(Cl)ccc1C(F)(F)F)C(=O)O. The Bertz CT molecular complexity index is 673. The van der Waals surface area contributed by atoms with E-state index in [2.05, 4.69) is 0 Å². The molecule has 0 bridgehead atoms. The van der Waals surface area contributed by atoms with Crippen LogP contribution >= 0.6 is 11.6 Å². The number of hydrogen-bond donors (Lipinski definition) is 2. The molecule has 0 aromatic heterocycles. The smallest absolute Gasteiger partial charge is 0.417 e. The number of alkyl halides is 3. The summed E-state index contributed by atoms with van der Waals surface area (Å²) in [5.41, 5.74) is -1.42. The van der Waals surface area contributed by atoms with Gasteiger partial charge in [0.1, 0.15) is 6.04 Å². The van der Waals surface area contributed by atoms with Crippen molar-refractivity contribution < 1.29 is 31.5 Å². The van der Waals surface area contributed by atoms with Crippen LogP contribution < -0.4 is 4.72 Å². The van der Waals surface area contributed by atoms with Crippen LogP contribution in [-0.2, 0) is 21.0 Å². The van der Waals surface area contributed by atoms with Crippen LogP contribution in [0.3, 0.4) is 0 Å². The van der Waals surface area contributed by atoms with Gasteiger partial charge in [0.25, 0.3) is 0 Å². The van der Waals surface area contributed by atoms with Crippen LogP contribution in [-0.4, -0.2) is 25.5 Å². The van der Waals surface area contributed by atoms with Gasteiger partial charge in [-0.2, -0.15) is 17.9 Å². The van der Waals surface area contributed by atoms with Crippen LogP contribution in [0, 0.1) is 5.92 Å². The van der Waals surface area contributed by atoms with Crippen molar-refractivity contribution in [1.29, 1.82) is 0 Å². The van der Waals surface area contributed by atoms with E-state index in [4.69, 9.17) is 16.7 Å². The first-order valence-corrected chi connectivity index (χ1v) is 7.84. The minimum absolute atomic E-state index is 0.218. The molecule has 0 radical (unpaired) electrons. The monoisotopic (exact) mass is 359 g/mol. The average molecular weight is 360 g/mol. The van der Waals surface area contributed by atoms with Gasteiger partial charge in [0, 0.05) is 5.02 Å². The topological polar surface area (TPSA) is 83.5 Å². The molecular formula is C12H13ClF3NO4S. The Morgan fingerprint density at radius 3 is 2.27 bits per heavy atom. The molecule has 0 spiro atoms. The molecule has 1 atom stereocenters. The van der Waals surface area contributed by atoms with Crippen molar-refractivity contribution in [3.05, 3.63) is 28.8 Å². The number of rotatable bonds is 5. The number of sulfonamides is 1. The Morgan fingerprint density at radius 1 is 1.32 bits per heavy atom. The maximum absolute atomic E-state index is 12.9. The number of carboxylic acid groups (broad SMARTS) is 1. The first-order chi connectivity index (χ1) is 9.86. The zero-order chi connectivity index (χ0) is 17.3. The fraction of sp³-hybridized carbons (Fsp3) is 0.417. The van der Waals surface area contributed by atoms with Crippen molar-refractivity contribution in [3.8, 4) is 0 Å². The summed E-state index contributed by atoms with van der Waals surface area (Å²) in [6, 6.07) is 0.499. The zero-order valence-electron chi connectivity index (χ0n) is 11.5. The summed E-state index contributed by atoms with van der Waals surface area (Å²) in [7, 11) is -4.72. The molecule has 0 heterocycles. The summed E-state index contributed by atoms with van der Waals surface area (Å²) in [4.78, 5) is 9.91. The van der Waals surface area contributed by atoms with Crippen molar-refractivity contribution in [1.82, 2.24) is 4.72 Å². The molecule has 0 aliphatic rings. The minimum atomic E-state index is -4.93. The van der Waals surface area contributed by atoms with Gasteiger partial charge in [0.05, 0.1) is 10.5 Å². The first-order valence-electron chi connectivity index (χ1n) is 5.98. The van der Waals surface area contributed by atoms with E-state index in [1.54, 1.807) is 4.72 Å². The van der Waals surface area contributed by atoms with E-state index in [1.165, 1.54) is 13.8 Å². The fourth-order valence-electron chi connectivity index (χ4n) is 1.65. The van der Waals surface area contributed by atoms with Gasteiger partial charge in [0.15, 0.2) is 0 Å². The molecule has 0 fully saturated rings. The second-order valence-corrected chi connectivity index (χ2v) is 6.94. The lowest BCUT2D eigenvalue weighted by molar-refractivity contribution is -0.140. The van der Waals surface area contributed by atoms with Crippen LogP contribution in [0.2, 0.25) is 5.02 Å². The molecule has 0 aliphatic carbocycles. The van der Waals surface area contributed by atoms with Crippen LogP contribution in [0.25, 0.3) is 0 Å². The van der Waals surface area contributed by atoms with E-state index in [0.29, 0.717) is 12.1 Å². The highest BCUT2D eigenvalue weighted by Gasteiger charge is 2.38. The van der Waals surface area contributed by atoms with Crippen molar-refractivity contribution in [2.24, 2.45) is 5.92 Å². The Morgan fingerprint density at radius 2 is 1.86 bits per heavy atom. The Balaban J connectivity index is 3.40. The Hall–Kier alpha value is -1.32. The lowest BCUT2D eigenvalue weighted by Crippen LogP contribution is -2.44. The molecule has 1 aromatic carbocycles. The molecule has 124 valence electrons. The quantitative estimate of drug-likeness (QED) is 0.846. The number of benzene rings is 1. The van der Waals surface area contributed by atoms with Gasteiger partial charge in [0.2, 0.25) is 10.0 Å². The first kappa shape index (κ1) is 18.7. The fourth-order valence-corrected chi connectivity index (χ4v) is 3.48. The summed E-state index contributed by atoms with van der Waals surface area (Å²) < 4.78 is 64.8. The van der Waals surface area contributed by atoms with Crippen molar-refractivity contribution in [2.45, 2.75) is 31.0 Å². The summed E-state index contributed by atoms with van der Waals surface area (Å²) >= 11 is 5.56. The number of nitrogens with one attached hydrogen (secondary N) is 1. The summed E-state index contributed by atoms with van der Waals surface area (Å²) in [5, 5.41) is 8.74. The third kappa shape index (κ3) is 4.34. The molecular weight excluding hydrogens is 347 g/mol. The molecule has 0 aliphatic heterocycles. The highest BCUT2D eigenvalue weighted by atomic mass is 35.5. The largest absolute Gasteiger partial charge is 0.480 e. The second kappa shape index (κ2) is 6.43. The lowest BCUT2D eigenvalue weighted by Gasteiger charge is -2.20. The molecule has 1 rings (SSSR count). The van der Waals surface area contributed by atoms with E-state index >= 15 is 0 Å². The average Bonchev–Trinajstić information content (AvgIpc) is 2.33. The van der Waals surface area contributed by atoms with Gasteiger partial charge >= 0.3 is 12.1 Å². The number of aliphatic carboxylic acids is 1. The molecule has 2 N–H and O–H groups in total. The predicted molar refractivity (Wildman–Crippen MR) is 73.0 cm³/mol. The van der Waals surface area contributed by atoms with E-state index in [1.807, 2.05) is 0 Å². The number of carbonyl (C=O) groups is 1. The van der Waals surface area contributed by atoms with Gasteiger partial charge in [-0.1, -0.05) is 25.4 Å². The van der Waals surface area contributed by atoms with E-state index in [0.717, 1.165) is 6.07 Å². The van der Waals surface area contributed by atoms with Gasteiger partial charge in [-0.25, -0.2) is 8.42 Å². The maximum atomic E-state index is 12.9. The maximum Gasteiger partial charge on any atom is 0.417 e. The van der Waals surface area contributed by atoms with Gasteiger partial charge in [-0.05, 0) is 24.1 Å². The molecule has 0 saturated heterocycles. The van der Waals surface area contributed by atoms with E-state index in [9.17, 15) is 26.4 Å². The molecule has 5 nitrogen and oxygen atoms in total. The molecule has 1 aromatic rings. The minimum Gasteiger partial charge on any atom is -0.480 e. The number of carboxylic acids is 1. The third-order valence-electron chi connectivity index (χ3n) is 2.75. The highest BCUT2D eigenvalue weighted by molar-refractivity contribution is 7.89. The predicted octanol–water partition coefficient (Wildman–Crippen LogP) is 2.75. The summed E-state index contributed by atoms with van der Waals surface area (Å²) in [6.07, 6.45) is -4.93. The van der Waals surface area contributed by atoms with Crippen LogP contribution in [0.1, 0.15) is 19.4 Å². The van der Waals surface area contributed by atoms with Gasteiger partial charge in [-0.3, -0.25) is 4.79 Å². The summed E-state index contributed by atoms with van der Waals surface area (Å²) in [6.45, 7) is 2.84. The zero-order valence-corrected chi connectivity index (χ0v) is 13.1. The molecule has 1 unspecified atom stereocenters. The van der Waals surface area contributed by atoms with E-state index in [-0.39, 0.29) is 5.02 Å². The van der Waals surface area contributed by atoms with Crippen LogP contribution in [0.5, 0.6) is 0 Å². The van der Waals surface area contributed by atoms with Crippen LogP contribution in [0.15, 0.2) is 23.1 Å². The van der Waals surface area contributed by atoms with Crippen molar-refractivity contribution >= 4 is 27.6 Å². The molecule has 10 heteroatoms. The normalized spacial score (nSPS) is 14.1. The van der Waals surface area contributed by atoms with Crippen molar-refractivity contribution in [3.63, 3.8) is 0 Å². The van der Waals surface area contributed by atoms with Gasteiger partial charge in [-0.15, -0.1) is 0 Å².